The Morgan fingerprint density at radius 2 is 1.95 bits per heavy atom. The second kappa shape index (κ2) is 5.27. The molecule has 6 nitrogen and oxygen atoms in total. The molecule has 0 aliphatic heterocycles. The number of hydrogen-bond donors (Lipinski definition) is 2. The van der Waals surface area contributed by atoms with Gasteiger partial charge in [-0.05, 0) is 25.7 Å². The SMILES string of the molecule is NNc1nc(-c2cnccn2)nc2c1CCCCC2. The summed E-state index contributed by atoms with van der Waals surface area (Å²) in [5, 5.41) is 0. The lowest BCUT2D eigenvalue weighted by molar-refractivity contribution is 0.709. The molecule has 0 fully saturated rings. The predicted octanol–water partition coefficient (Wildman–Crippen LogP) is 1.49. The minimum atomic E-state index is 0.585. The molecular formula is C13H16N6. The van der Waals surface area contributed by atoms with Gasteiger partial charge in [0.1, 0.15) is 11.5 Å². The third-order valence-corrected chi connectivity index (χ3v) is 3.36. The zero-order valence-electron chi connectivity index (χ0n) is 10.6. The number of hydrazine groups is 1. The van der Waals surface area contributed by atoms with E-state index in [0.717, 1.165) is 36.9 Å². The number of rotatable bonds is 2. The number of aryl methyl sites for hydroxylation is 1. The van der Waals surface area contributed by atoms with Crippen molar-refractivity contribution in [3.63, 3.8) is 0 Å². The van der Waals surface area contributed by atoms with Gasteiger partial charge in [-0.3, -0.25) is 4.98 Å². The van der Waals surface area contributed by atoms with Gasteiger partial charge in [0.15, 0.2) is 5.82 Å². The van der Waals surface area contributed by atoms with Crippen LogP contribution in [0.4, 0.5) is 5.82 Å². The molecule has 0 saturated carbocycles. The molecule has 19 heavy (non-hydrogen) atoms. The fraction of sp³-hybridized carbons (Fsp3) is 0.385. The van der Waals surface area contributed by atoms with Crippen molar-refractivity contribution in [2.24, 2.45) is 5.84 Å². The lowest BCUT2D eigenvalue weighted by atomic mass is 10.1. The van der Waals surface area contributed by atoms with E-state index in [0.29, 0.717) is 17.3 Å². The van der Waals surface area contributed by atoms with E-state index < -0.39 is 0 Å². The fourth-order valence-electron chi connectivity index (χ4n) is 2.42. The summed E-state index contributed by atoms with van der Waals surface area (Å²) in [5.74, 6) is 6.90. The van der Waals surface area contributed by atoms with Crippen LogP contribution >= 0.6 is 0 Å². The van der Waals surface area contributed by atoms with Crippen LogP contribution < -0.4 is 11.3 Å². The molecule has 0 saturated heterocycles. The van der Waals surface area contributed by atoms with Crippen LogP contribution in [0.15, 0.2) is 18.6 Å². The molecule has 0 amide bonds. The Morgan fingerprint density at radius 1 is 1.05 bits per heavy atom. The Kier molecular flexibility index (Phi) is 3.33. The molecule has 6 heteroatoms. The Hall–Kier alpha value is -2.08. The zero-order valence-corrected chi connectivity index (χ0v) is 10.6. The molecule has 0 radical (unpaired) electrons. The van der Waals surface area contributed by atoms with Gasteiger partial charge < -0.3 is 5.43 Å². The topological polar surface area (TPSA) is 89.6 Å². The number of nitrogens with one attached hydrogen (secondary N) is 1. The summed E-state index contributed by atoms with van der Waals surface area (Å²) in [5.41, 5.74) is 5.60. The second-order valence-electron chi connectivity index (χ2n) is 4.62. The molecule has 2 aromatic rings. The van der Waals surface area contributed by atoms with Gasteiger partial charge in [-0.1, -0.05) is 6.42 Å². The normalized spacial score (nSPS) is 14.6. The maximum atomic E-state index is 5.60. The van der Waals surface area contributed by atoms with Crippen LogP contribution in [-0.4, -0.2) is 19.9 Å². The van der Waals surface area contributed by atoms with Crippen LogP contribution in [0.2, 0.25) is 0 Å². The van der Waals surface area contributed by atoms with Crippen LogP contribution in [0.1, 0.15) is 30.5 Å². The third-order valence-electron chi connectivity index (χ3n) is 3.36. The number of hydrogen-bond acceptors (Lipinski definition) is 6. The minimum Gasteiger partial charge on any atom is -0.308 e. The molecule has 2 aromatic heterocycles. The number of nitrogens with zero attached hydrogens (tertiary/aromatic N) is 4. The summed E-state index contributed by atoms with van der Waals surface area (Å²) in [4.78, 5) is 17.4. The highest BCUT2D eigenvalue weighted by molar-refractivity contribution is 5.55. The van der Waals surface area contributed by atoms with Crippen LogP contribution in [-0.2, 0) is 12.8 Å². The zero-order chi connectivity index (χ0) is 13.1. The molecule has 0 atom stereocenters. The average molecular weight is 256 g/mol. The van der Waals surface area contributed by atoms with Gasteiger partial charge in [-0.15, -0.1) is 0 Å². The Labute approximate surface area is 111 Å². The predicted molar refractivity (Wildman–Crippen MR) is 72.1 cm³/mol. The van der Waals surface area contributed by atoms with Gasteiger partial charge in [0.05, 0.1) is 6.20 Å². The van der Waals surface area contributed by atoms with Crippen molar-refractivity contribution in [2.45, 2.75) is 32.1 Å². The summed E-state index contributed by atoms with van der Waals surface area (Å²) in [6.45, 7) is 0. The molecule has 0 spiro atoms. The van der Waals surface area contributed by atoms with Crippen molar-refractivity contribution in [1.82, 2.24) is 19.9 Å². The molecule has 0 bridgehead atoms. The van der Waals surface area contributed by atoms with E-state index in [1.807, 2.05) is 0 Å². The molecular weight excluding hydrogens is 240 g/mol. The first-order chi connectivity index (χ1) is 9.38. The number of nitrogen functional groups attached to an aromatic ring is 1. The van der Waals surface area contributed by atoms with Gasteiger partial charge in [0.25, 0.3) is 0 Å². The summed E-state index contributed by atoms with van der Waals surface area (Å²) in [6, 6.07) is 0. The number of fused-ring (bicyclic) bond motifs is 1. The van der Waals surface area contributed by atoms with Gasteiger partial charge in [-0.25, -0.2) is 20.8 Å². The average Bonchev–Trinajstić information content (AvgIpc) is 2.72. The van der Waals surface area contributed by atoms with Crippen molar-refractivity contribution < 1.29 is 0 Å². The maximum absolute atomic E-state index is 5.60. The Balaban J connectivity index is 2.10. The smallest absolute Gasteiger partial charge is 0.182 e. The summed E-state index contributed by atoms with van der Waals surface area (Å²) >= 11 is 0. The van der Waals surface area contributed by atoms with Gasteiger partial charge >= 0.3 is 0 Å². The van der Waals surface area contributed by atoms with Crippen LogP contribution in [0.3, 0.4) is 0 Å². The first kappa shape index (κ1) is 12.0. The highest BCUT2D eigenvalue weighted by atomic mass is 15.3. The number of nitrogens with two attached hydrogens (primary N) is 1. The van der Waals surface area contributed by atoms with Gasteiger partial charge in [0, 0.05) is 23.7 Å². The molecule has 0 unspecified atom stereocenters. The summed E-state index contributed by atoms with van der Waals surface area (Å²) < 4.78 is 0. The summed E-state index contributed by atoms with van der Waals surface area (Å²) in [6.07, 6.45) is 10.4. The lowest BCUT2D eigenvalue weighted by Crippen LogP contribution is -2.14. The number of anilines is 1. The number of aromatic nitrogens is 4. The van der Waals surface area contributed by atoms with Gasteiger partial charge in [-0.2, -0.15) is 0 Å². The Morgan fingerprint density at radius 3 is 2.74 bits per heavy atom. The van der Waals surface area contributed by atoms with E-state index in [1.165, 1.54) is 6.42 Å². The molecule has 1 aliphatic carbocycles. The van der Waals surface area contributed by atoms with E-state index in [9.17, 15) is 0 Å². The lowest BCUT2D eigenvalue weighted by Gasteiger charge is -2.12. The first-order valence-electron chi connectivity index (χ1n) is 6.51. The quantitative estimate of drug-likeness (QED) is 0.480. The molecule has 98 valence electrons. The van der Waals surface area contributed by atoms with Gasteiger partial charge in [0.2, 0.25) is 0 Å². The van der Waals surface area contributed by atoms with Crippen LogP contribution in [0, 0.1) is 0 Å². The standard InChI is InChI=1S/C13H16N6/c14-19-12-9-4-2-1-3-5-10(9)17-13(18-12)11-8-15-6-7-16-11/h6-8H,1-5,14H2,(H,17,18,19). The molecule has 2 heterocycles. The van der Waals surface area contributed by atoms with Crippen molar-refractivity contribution in [2.75, 3.05) is 5.43 Å². The van der Waals surface area contributed by atoms with E-state index in [-0.39, 0.29) is 0 Å². The van der Waals surface area contributed by atoms with E-state index >= 15 is 0 Å². The minimum absolute atomic E-state index is 0.585. The summed E-state index contributed by atoms with van der Waals surface area (Å²) in [7, 11) is 0. The molecule has 0 aromatic carbocycles. The molecule has 3 N–H and O–H groups in total. The largest absolute Gasteiger partial charge is 0.308 e. The van der Waals surface area contributed by atoms with Crippen LogP contribution in [0.5, 0.6) is 0 Å². The Bertz CT molecular complexity index is 569. The monoisotopic (exact) mass is 256 g/mol. The van der Waals surface area contributed by atoms with E-state index in [1.54, 1.807) is 18.6 Å². The third kappa shape index (κ3) is 2.39. The van der Waals surface area contributed by atoms with Crippen LogP contribution in [0.25, 0.3) is 11.5 Å². The van der Waals surface area contributed by atoms with Crippen molar-refractivity contribution in [3.8, 4) is 11.5 Å². The highest BCUT2D eigenvalue weighted by Crippen LogP contribution is 2.26. The van der Waals surface area contributed by atoms with Crippen molar-refractivity contribution >= 4 is 5.82 Å². The highest BCUT2D eigenvalue weighted by Gasteiger charge is 2.17. The first-order valence-corrected chi connectivity index (χ1v) is 6.51. The van der Waals surface area contributed by atoms with Crippen molar-refractivity contribution in [1.29, 1.82) is 0 Å². The van der Waals surface area contributed by atoms with E-state index in [4.69, 9.17) is 5.84 Å². The van der Waals surface area contributed by atoms with Crippen molar-refractivity contribution in [3.05, 3.63) is 29.8 Å². The fourth-order valence-corrected chi connectivity index (χ4v) is 2.42. The maximum Gasteiger partial charge on any atom is 0.182 e. The second-order valence-corrected chi connectivity index (χ2v) is 4.62. The molecule has 1 aliphatic rings. The van der Waals surface area contributed by atoms with E-state index in [2.05, 4.69) is 25.4 Å². The molecule has 3 rings (SSSR count).